The zero-order valence-electron chi connectivity index (χ0n) is 15.9. The van der Waals surface area contributed by atoms with E-state index in [4.69, 9.17) is 31.9 Å². The number of hydrogen-bond acceptors (Lipinski definition) is 9. The van der Waals surface area contributed by atoms with E-state index in [1.807, 2.05) is 10.6 Å². The first-order valence-corrected chi connectivity index (χ1v) is 8.50. The summed E-state index contributed by atoms with van der Waals surface area (Å²) in [5, 5.41) is 41.1. The number of amides is 4. The van der Waals surface area contributed by atoms with Crippen molar-refractivity contribution in [3.8, 4) is 0 Å². The summed E-state index contributed by atoms with van der Waals surface area (Å²) in [6.07, 6.45) is -2.87. The third-order valence-electron chi connectivity index (χ3n) is 3.58. The molecule has 174 valence electrons. The van der Waals surface area contributed by atoms with Gasteiger partial charge in [-0.25, -0.2) is 4.79 Å². The smallest absolute Gasteiger partial charge is 0.326 e. The molecule has 0 heterocycles. The van der Waals surface area contributed by atoms with Gasteiger partial charge in [-0.2, -0.15) is 0 Å². The second kappa shape index (κ2) is 12.7. The van der Waals surface area contributed by atoms with Gasteiger partial charge in [0.1, 0.15) is 24.2 Å². The molecule has 0 saturated carbocycles. The van der Waals surface area contributed by atoms with Crippen LogP contribution in [0, 0.1) is 0 Å². The van der Waals surface area contributed by atoms with Gasteiger partial charge in [-0.05, 0) is 0 Å². The predicted octanol–water partition coefficient (Wildman–Crippen LogP) is -5.33. The molecule has 0 aromatic rings. The highest BCUT2D eigenvalue weighted by Gasteiger charge is 2.32. The van der Waals surface area contributed by atoms with E-state index < -0.39 is 91.6 Å². The summed E-state index contributed by atoms with van der Waals surface area (Å²) in [5.74, 6) is -9.61. The molecule has 4 unspecified atom stereocenters. The zero-order valence-corrected chi connectivity index (χ0v) is 15.9. The van der Waals surface area contributed by atoms with Gasteiger partial charge >= 0.3 is 17.9 Å². The fraction of sp³-hybridized carbons (Fsp3) is 0.533. The second-order valence-corrected chi connectivity index (χ2v) is 6.18. The number of aliphatic hydroxyl groups is 1. The van der Waals surface area contributed by atoms with Crippen LogP contribution in [0.1, 0.15) is 19.3 Å². The van der Waals surface area contributed by atoms with E-state index in [-0.39, 0.29) is 0 Å². The van der Waals surface area contributed by atoms with E-state index >= 15 is 0 Å². The number of carboxylic acids is 3. The molecule has 0 fully saturated rings. The minimum Gasteiger partial charge on any atom is -0.481 e. The summed E-state index contributed by atoms with van der Waals surface area (Å²) < 4.78 is 0. The number of carbonyl (C=O) groups excluding carboxylic acids is 4. The van der Waals surface area contributed by atoms with Gasteiger partial charge in [-0.3, -0.25) is 28.8 Å². The molecule has 0 saturated heterocycles. The molecule has 16 nitrogen and oxygen atoms in total. The molecule has 0 rings (SSSR count). The number of aliphatic hydroxyl groups excluding tert-OH is 1. The molecule has 0 spiro atoms. The summed E-state index contributed by atoms with van der Waals surface area (Å²) in [4.78, 5) is 80.4. The van der Waals surface area contributed by atoms with Crippen molar-refractivity contribution in [1.82, 2.24) is 16.0 Å². The van der Waals surface area contributed by atoms with E-state index in [1.54, 1.807) is 5.32 Å². The van der Waals surface area contributed by atoms with Crippen LogP contribution < -0.4 is 27.4 Å². The number of primary amides is 1. The van der Waals surface area contributed by atoms with Gasteiger partial charge in [0, 0.05) is 0 Å². The van der Waals surface area contributed by atoms with Crippen molar-refractivity contribution in [2.45, 2.75) is 43.4 Å². The van der Waals surface area contributed by atoms with Crippen molar-refractivity contribution in [3.63, 3.8) is 0 Å². The lowest BCUT2D eigenvalue weighted by Crippen LogP contribution is -2.58. The highest BCUT2D eigenvalue weighted by Crippen LogP contribution is 2.01. The lowest BCUT2D eigenvalue weighted by molar-refractivity contribution is -0.148. The number of aliphatic carboxylic acids is 3. The quantitative estimate of drug-likeness (QED) is 0.120. The van der Waals surface area contributed by atoms with Crippen LogP contribution in [0.25, 0.3) is 0 Å². The van der Waals surface area contributed by atoms with Crippen molar-refractivity contribution < 1.29 is 54.0 Å². The summed E-state index contributed by atoms with van der Waals surface area (Å²) in [6, 6.07) is -7.00. The number of carbonyl (C=O) groups is 7. The van der Waals surface area contributed by atoms with Crippen molar-refractivity contribution in [3.05, 3.63) is 0 Å². The molecular formula is C15H23N5O11. The highest BCUT2D eigenvalue weighted by atomic mass is 16.4. The Morgan fingerprint density at radius 2 is 1.06 bits per heavy atom. The van der Waals surface area contributed by atoms with E-state index in [0.29, 0.717) is 0 Å². The van der Waals surface area contributed by atoms with Gasteiger partial charge in [0.25, 0.3) is 0 Å². The van der Waals surface area contributed by atoms with E-state index in [1.165, 1.54) is 0 Å². The van der Waals surface area contributed by atoms with E-state index in [0.717, 1.165) is 0 Å². The molecule has 31 heavy (non-hydrogen) atoms. The van der Waals surface area contributed by atoms with Crippen LogP contribution in [-0.4, -0.2) is 92.7 Å². The van der Waals surface area contributed by atoms with Crippen LogP contribution >= 0.6 is 0 Å². The van der Waals surface area contributed by atoms with E-state index in [9.17, 15) is 33.6 Å². The first-order valence-electron chi connectivity index (χ1n) is 8.50. The van der Waals surface area contributed by atoms with Crippen LogP contribution in [0.5, 0.6) is 0 Å². The molecule has 0 aliphatic carbocycles. The van der Waals surface area contributed by atoms with Crippen LogP contribution in [0.4, 0.5) is 0 Å². The van der Waals surface area contributed by atoms with Crippen molar-refractivity contribution >= 4 is 41.5 Å². The number of carboxylic acid groups (broad SMARTS) is 3. The van der Waals surface area contributed by atoms with Crippen LogP contribution in [-0.2, 0) is 33.6 Å². The Balaban J connectivity index is 5.53. The molecule has 0 aromatic carbocycles. The molecular weight excluding hydrogens is 426 g/mol. The van der Waals surface area contributed by atoms with Crippen molar-refractivity contribution in [2.24, 2.45) is 11.5 Å². The first-order chi connectivity index (χ1) is 14.3. The summed E-state index contributed by atoms with van der Waals surface area (Å²) in [7, 11) is 0. The third-order valence-corrected chi connectivity index (χ3v) is 3.58. The van der Waals surface area contributed by atoms with Crippen LogP contribution in [0.3, 0.4) is 0 Å². The summed E-state index contributed by atoms with van der Waals surface area (Å²) >= 11 is 0. The van der Waals surface area contributed by atoms with Gasteiger partial charge in [0.05, 0.1) is 25.9 Å². The van der Waals surface area contributed by atoms with Gasteiger partial charge in [0.15, 0.2) is 0 Å². The highest BCUT2D eigenvalue weighted by molar-refractivity contribution is 5.97. The molecule has 16 heteroatoms. The Kier molecular flexibility index (Phi) is 11.2. The van der Waals surface area contributed by atoms with Crippen molar-refractivity contribution in [1.29, 1.82) is 0 Å². The Hall–Kier alpha value is -3.79. The van der Waals surface area contributed by atoms with E-state index in [2.05, 4.69) is 0 Å². The molecule has 0 aromatic heterocycles. The number of nitrogens with one attached hydrogen (secondary N) is 3. The maximum absolute atomic E-state index is 12.4. The molecule has 0 aliphatic heterocycles. The molecule has 4 atom stereocenters. The Morgan fingerprint density at radius 1 is 0.677 bits per heavy atom. The normalized spacial score (nSPS) is 14.3. The number of nitrogens with two attached hydrogens (primary N) is 2. The van der Waals surface area contributed by atoms with Crippen molar-refractivity contribution in [2.75, 3.05) is 6.61 Å². The fourth-order valence-corrected chi connectivity index (χ4v) is 2.08. The standard InChI is InChI=1S/C15H23N5O11/c16-5(4-21)12(27)18-6(1-9(17)22)13(28)19-7(2-10(23)24)14(29)20-8(15(30)31)3-11(25)26/h5-8,21H,1-4,16H2,(H2,17,22)(H,18,27)(H,19,28)(H,20,29)(H,23,24)(H,25,26)(H,30,31). The monoisotopic (exact) mass is 449 g/mol. The second-order valence-electron chi connectivity index (χ2n) is 6.18. The summed E-state index contributed by atoms with van der Waals surface area (Å²) in [6.45, 7) is -0.805. The fourth-order valence-electron chi connectivity index (χ4n) is 2.08. The number of rotatable bonds is 14. The first kappa shape index (κ1) is 27.2. The SMILES string of the molecule is NC(=O)CC(NC(=O)C(N)CO)C(=O)NC(CC(=O)O)C(=O)NC(CC(=O)O)C(=O)O. The van der Waals surface area contributed by atoms with Gasteiger partial charge in [-0.1, -0.05) is 0 Å². The van der Waals surface area contributed by atoms with Crippen LogP contribution in [0.2, 0.25) is 0 Å². The van der Waals surface area contributed by atoms with Gasteiger partial charge < -0.3 is 47.8 Å². The molecule has 4 amide bonds. The average Bonchev–Trinajstić information content (AvgIpc) is 2.64. The maximum atomic E-state index is 12.4. The summed E-state index contributed by atoms with van der Waals surface area (Å²) in [5.41, 5.74) is 10.3. The Bertz CT molecular complexity index is 741. The molecule has 11 N–H and O–H groups in total. The Morgan fingerprint density at radius 3 is 1.45 bits per heavy atom. The molecule has 0 aliphatic rings. The lowest BCUT2D eigenvalue weighted by atomic mass is 10.1. The van der Waals surface area contributed by atoms with Crippen LogP contribution in [0.15, 0.2) is 0 Å². The van der Waals surface area contributed by atoms with Gasteiger partial charge in [0.2, 0.25) is 23.6 Å². The lowest BCUT2D eigenvalue weighted by Gasteiger charge is -2.23. The topological polar surface area (TPSA) is 289 Å². The minimum atomic E-state index is -1.93. The predicted molar refractivity (Wildman–Crippen MR) is 96.8 cm³/mol. The molecule has 0 bridgehead atoms. The largest absolute Gasteiger partial charge is 0.481 e. The zero-order chi connectivity index (χ0) is 24.3. The van der Waals surface area contributed by atoms with Gasteiger partial charge in [-0.15, -0.1) is 0 Å². The minimum absolute atomic E-state index is 0.784. The Labute approximate surface area is 173 Å². The number of hydrogen-bond donors (Lipinski definition) is 9. The third kappa shape index (κ3) is 10.5. The molecule has 0 radical (unpaired) electrons. The average molecular weight is 449 g/mol. The maximum Gasteiger partial charge on any atom is 0.326 e.